The fraction of sp³-hybridized carbons (Fsp3) is 0.176. The van der Waals surface area contributed by atoms with Crippen LogP contribution in [0.15, 0.2) is 72.2 Å². The molecule has 0 heterocycles. The van der Waals surface area contributed by atoms with Crippen LogP contribution in [-0.4, -0.2) is 6.26 Å². The van der Waals surface area contributed by atoms with Crippen molar-refractivity contribution in [1.82, 2.24) is 0 Å². The predicted octanol–water partition coefficient (Wildman–Crippen LogP) is 5.50. The van der Waals surface area contributed by atoms with Crippen molar-refractivity contribution >= 4 is 17.3 Å². The molecule has 0 unspecified atom stereocenters. The molecule has 1 rings (SSSR count). The Hall–Kier alpha value is -1.47. The number of hydrogen-bond acceptors (Lipinski definition) is 1. The Labute approximate surface area is 115 Å². The zero-order chi connectivity index (χ0) is 13.4. The molecule has 0 bridgehead atoms. The molecule has 94 valence electrons. The average Bonchev–Trinajstić information content (AvgIpc) is 2.38. The van der Waals surface area contributed by atoms with Gasteiger partial charge < -0.3 is 0 Å². The molecule has 0 aliphatic carbocycles. The second-order valence-corrected chi connectivity index (χ2v) is 4.90. The lowest BCUT2D eigenvalue weighted by Crippen LogP contribution is -1.85. The number of thioether (sulfide) groups is 1. The van der Waals surface area contributed by atoms with Crippen LogP contribution in [0.4, 0.5) is 0 Å². The molecule has 1 aromatic rings. The highest BCUT2D eigenvalue weighted by molar-refractivity contribution is 7.98. The SMILES string of the molecule is C=C/C=C(C)\C=C/CC(=C)c1ccccc1SC. The molecule has 0 aromatic heterocycles. The van der Waals surface area contributed by atoms with Crippen molar-refractivity contribution in [2.24, 2.45) is 0 Å². The third kappa shape index (κ3) is 4.42. The third-order valence-electron chi connectivity index (χ3n) is 2.61. The fourth-order valence-electron chi connectivity index (χ4n) is 1.68. The summed E-state index contributed by atoms with van der Waals surface area (Å²) in [7, 11) is 0. The van der Waals surface area contributed by atoms with Crippen molar-refractivity contribution in [2.45, 2.75) is 18.2 Å². The molecule has 0 fully saturated rings. The molecular formula is C17H20S. The topological polar surface area (TPSA) is 0 Å². The molecule has 18 heavy (non-hydrogen) atoms. The van der Waals surface area contributed by atoms with Gasteiger partial charge in [0.25, 0.3) is 0 Å². The van der Waals surface area contributed by atoms with Gasteiger partial charge in [-0.1, -0.05) is 61.2 Å². The monoisotopic (exact) mass is 256 g/mol. The molecule has 0 saturated carbocycles. The van der Waals surface area contributed by atoms with Gasteiger partial charge in [-0.25, -0.2) is 0 Å². The summed E-state index contributed by atoms with van der Waals surface area (Å²) in [5, 5.41) is 0. The second-order valence-electron chi connectivity index (χ2n) is 4.06. The summed E-state index contributed by atoms with van der Waals surface area (Å²) < 4.78 is 0. The van der Waals surface area contributed by atoms with Crippen molar-refractivity contribution < 1.29 is 0 Å². The van der Waals surface area contributed by atoms with E-state index >= 15 is 0 Å². The molecule has 0 N–H and O–H groups in total. The maximum Gasteiger partial charge on any atom is 0.0144 e. The number of hydrogen-bond donors (Lipinski definition) is 0. The molecule has 0 atom stereocenters. The summed E-state index contributed by atoms with van der Waals surface area (Å²) in [4.78, 5) is 1.29. The molecule has 1 aromatic carbocycles. The molecule has 0 amide bonds. The highest BCUT2D eigenvalue weighted by atomic mass is 32.2. The number of allylic oxidation sites excluding steroid dienone is 6. The van der Waals surface area contributed by atoms with E-state index < -0.39 is 0 Å². The van der Waals surface area contributed by atoms with E-state index in [1.165, 1.54) is 16.0 Å². The maximum atomic E-state index is 4.17. The van der Waals surface area contributed by atoms with Gasteiger partial charge >= 0.3 is 0 Å². The molecule has 0 saturated heterocycles. The van der Waals surface area contributed by atoms with Gasteiger partial charge in [-0.2, -0.15) is 0 Å². The Kier molecular flexibility index (Phi) is 6.31. The first-order chi connectivity index (χ1) is 8.69. The van der Waals surface area contributed by atoms with Crippen molar-refractivity contribution in [3.8, 4) is 0 Å². The molecule has 0 spiro atoms. The van der Waals surface area contributed by atoms with Gasteiger partial charge in [0.15, 0.2) is 0 Å². The largest absolute Gasteiger partial charge is 0.129 e. The molecule has 0 radical (unpaired) electrons. The van der Waals surface area contributed by atoms with Crippen LogP contribution in [0.2, 0.25) is 0 Å². The molecule has 1 heteroatoms. The van der Waals surface area contributed by atoms with Crippen LogP contribution in [0, 0.1) is 0 Å². The highest BCUT2D eigenvalue weighted by Crippen LogP contribution is 2.27. The van der Waals surface area contributed by atoms with E-state index in [4.69, 9.17) is 0 Å². The Morgan fingerprint density at radius 2 is 2.06 bits per heavy atom. The summed E-state index contributed by atoms with van der Waals surface area (Å²) in [5.41, 5.74) is 3.61. The van der Waals surface area contributed by atoms with Gasteiger partial charge in [-0.15, -0.1) is 11.8 Å². The summed E-state index contributed by atoms with van der Waals surface area (Å²) in [6.07, 6.45) is 11.0. The van der Waals surface area contributed by atoms with Crippen LogP contribution in [0.25, 0.3) is 5.57 Å². The lowest BCUT2D eigenvalue weighted by atomic mass is 10.0. The minimum atomic E-state index is 0.875. The smallest absolute Gasteiger partial charge is 0.0144 e. The first-order valence-corrected chi connectivity index (χ1v) is 7.18. The quantitative estimate of drug-likeness (QED) is 0.478. The van der Waals surface area contributed by atoms with Gasteiger partial charge in [-0.3, -0.25) is 0 Å². The van der Waals surface area contributed by atoms with Gasteiger partial charge in [0.05, 0.1) is 0 Å². The van der Waals surface area contributed by atoms with E-state index in [1.807, 2.05) is 6.08 Å². The van der Waals surface area contributed by atoms with E-state index in [1.54, 1.807) is 17.8 Å². The van der Waals surface area contributed by atoms with Gasteiger partial charge in [-0.05, 0) is 36.8 Å². The van der Waals surface area contributed by atoms with Crippen LogP contribution in [0.3, 0.4) is 0 Å². The zero-order valence-corrected chi connectivity index (χ0v) is 12.0. The average molecular weight is 256 g/mol. The van der Waals surface area contributed by atoms with Crippen LogP contribution >= 0.6 is 11.8 Å². The van der Waals surface area contributed by atoms with Crippen LogP contribution < -0.4 is 0 Å². The summed E-state index contributed by atoms with van der Waals surface area (Å²) >= 11 is 1.76. The van der Waals surface area contributed by atoms with Crippen LogP contribution in [0.1, 0.15) is 18.9 Å². The molecule has 0 nitrogen and oxygen atoms in total. The van der Waals surface area contributed by atoms with Crippen molar-refractivity contribution in [1.29, 1.82) is 0 Å². The second kappa shape index (κ2) is 7.78. The van der Waals surface area contributed by atoms with Crippen molar-refractivity contribution in [3.63, 3.8) is 0 Å². The Morgan fingerprint density at radius 3 is 2.72 bits per heavy atom. The van der Waals surface area contributed by atoms with Crippen molar-refractivity contribution in [3.05, 3.63) is 72.9 Å². The van der Waals surface area contributed by atoms with Crippen LogP contribution in [-0.2, 0) is 0 Å². The standard InChI is InChI=1S/C17H20S/c1-5-9-14(2)10-8-11-15(3)16-12-6-7-13-17(16)18-4/h5-10,12-13H,1,3,11H2,2,4H3/b10-8-,14-9-. The first kappa shape index (κ1) is 14.6. The Morgan fingerprint density at radius 1 is 1.33 bits per heavy atom. The van der Waals surface area contributed by atoms with E-state index in [2.05, 4.69) is 62.8 Å². The van der Waals surface area contributed by atoms with E-state index in [-0.39, 0.29) is 0 Å². The number of benzene rings is 1. The highest BCUT2D eigenvalue weighted by Gasteiger charge is 2.02. The summed E-state index contributed by atoms with van der Waals surface area (Å²) in [6, 6.07) is 8.40. The zero-order valence-electron chi connectivity index (χ0n) is 11.1. The lowest BCUT2D eigenvalue weighted by molar-refractivity contribution is 1.31. The van der Waals surface area contributed by atoms with E-state index in [9.17, 15) is 0 Å². The fourth-order valence-corrected chi connectivity index (χ4v) is 2.32. The summed E-state index contributed by atoms with van der Waals surface area (Å²) in [6.45, 7) is 9.92. The van der Waals surface area contributed by atoms with E-state index in [0.29, 0.717) is 0 Å². The molecule has 0 aliphatic rings. The summed E-state index contributed by atoms with van der Waals surface area (Å²) in [5.74, 6) is 0. The number of rotatable bonds is 6. The maximum absolute atomic E-state index is 4.17. The van der Waals surface area contributed by atoms with E-state index in [0.717, 1.165) is 12.0 Å². The van der Waals surface area contributed by atoms with Crippen LogP contribution in [0.5, 0.6) is 0 Å². The molecular weight excluding hydrogens is 236 g/mol. The van der Waals surface area contributed by atoms with Gasteiger partial charge in [0.1, 0.15) is 0 Å². The minimum Gasteiger partial charge on any atom is -0.129 e. The van der Waals surface area contributed by atoms with Gasteiger partial charge in [0.2, 0.25) is 0 Å². The first-order valence-electron chi connectivity index (χ1n) is 5.96. The van der Waals surface area contributed by atoms with Gasteiger partial charge in [0, 0.05) is 4.90 Å². The lowest BCUT2D eigenvalue weighted by Gasteiger charge is -2.08. The third-order valence-corrected chi connectivity index (χ3v) is 3.41. The Bertz CT molecular complexity index is 478. The Balaban J connectivity index is 2.71. The minimum absolute atomic E-state index is 0.875. The molecule has 0 aliphatic heterocycles. The van der Waals surface area contributed by atoms with Crippen molar-refractivity contribution in [2.75, 3.05) is 6.26 Å². The predicted molar refractivity (Wildman–Crippen MR) is 85.0 cm³/mol. The normalized spacial score (nSPS) is 11.8.